The molecule has 3 atom stereocenters. The van der Waals surface area contributed by atoms with Gasteiger partial charge in [0.25, 0.3) is 0 Å². The average Bonchev–Trinajstić information content (AvgIpc) is 3.43. The first-order chi connectivity index (χ1) is 18.2. The molecule has 8 heteroatoms. The number of rotatable bonds is 6. The van der Waals surface area contributed by atoms with Gasteiger partial charge in [0.15, 0.2) is 0 Å². The van der Waals surface area contributed by atoms with Crippen LogP contribution in [0.5, 0.6) is 0 Å². The van der Waals surface area contributed by atoms with E-state index >= 15 is 4.39 Å². The standard InChI is InChI=1S/C30H30F5NO2/c31-22-11-7-19(8-12-22)27-23(15-24(32)18-5-9-21(10-6-18)30(33,34)35)29(20-3-1-2-4-20)36-25-13-17(16-37)14-26(38)28(25)27/h5-12,17,20,24,26,37-38H,1-4,13-16H2. The van der Waals surface area contributed by atoms with Crippen molar-refractivity contribution in [1.82, 2.24) is 4.98 Å². The van der Waals surface area contributed by atoms with Crippen LogP contribution in [0.1, 0.15) is 83.9 Å². The summed E-state index contributed by atoms with van der Waals surface area (Å²) in [6, 6.07) is 9.91. The van der Waals surface area contributed by atoms with Crippen LogP contribution < -0.4 is 0 Å². The van der Waals surface area contributed by atoms with E-state index in [-0.39, 0.29) is 30.4 Å². The fourth-order valence-corrected chi connectivity index (χ4v) is 6.02. The zero-order valence-corrected chi connectivity index (χ0v) is 20.8. The molecule has 1 aromatic heterocycles. The maximum atomic E-state index is 15.9. The third-order valence-electron chi connectivity index (χ3n) is 7.93. The van der Waals surface area contributed by atoms with Gasteiger partial charge in [-0.1, -0.05) is 37.1 Å². The third kappa shape index (κ3) is 5.34. The predicted octanol–water partition coefficient (Wildman–Crippen LogP) is 7.41. The second kappa shape index (κ2) is 10.7. The van der Waals surface area contributed by atoms with Gasteiger partial charge in [0.2, 0.25) is 0 Å². The van der Waals surface area contributed by atoms with Gasteiger partial charge in [-0.15, -0.1) is 0 Å². The summed E-state index contributed by atoms with van der Waals surface area (Å²) in [6.45, 7) is -0.0922. The zero-order valence-electron chi connectivity index (χ0n) is 20.8. The normalized spacial score (nSPS) is 20.9. The van der Waals surface area contributed by atoms with Gasteiger partial charge in [0, 0.05) is 35.9 Å². The molecule has 5 rings (SSSR count). The van der Waals surface area contributed by atoms with E-state index in [1.807, 2.05) is 0 Å². The van der Waals surface area contributed by atoms with Gasteiger partial charge in [0.1, 0.15) is 12.0 Å². The van der Waals surface area contributed by atoms with Crippen molar-refractivity contribution in [2.45, 2.75) is 69.3 Å². The third-order valence-corrected chi connectivity index (χ3v) is 7.93. The van der Waals surface area contributed by atoms with Crippen molar-refractivity contribution < 1.29 is 32.2 Å². The summed E-state index contributed by atoms with van der Waals surface area (Å²) < 4.78 is 68.8. The number of nitrogens with zero attached hydrogens (tertiary/aromatic N) is 1. The minimum atomic E-state index is -4.51. The molecule has 1 fully saturated rings. The van der Waals surface area contributed by atoms with Crippen LogP contribution in [0.25, 0.3) is 11.1 Å². The van der Waals surface area contributed by atoms with Crippen molar-refractivity contribution >= 4 is 0 Å². The lowest BCUT2D eigenvalue weighted by Gasteiger charge is -2.32. The molecule has 3 aromatic rings. The van der Waals surface area contributed by atoms with E-state index in [4.69, 9.17) is 4.98 Å². The highest BCUT2D eigenvalue weighted by atomic mass is 19.4. The van der Waals surface area contributed by atoms with Gasteiger partial charge in [-0.2, -0.15) is 13.2 Å². The van der Waals surface area contributed by atoms with Gasteiger partial charge in [-0.25, -0.2) is 8.78 Å². The highest BCUT2D eigenvalue weighted by Gasteiger charge is 2.35. The van der Waals surface area contributed by atoms with Crippen LogP contribution >= 0.6 is 0 Å². The molecular formula is C30H30F5NO2. The largest absolute Gasteiger partial charge is 0.416 e. The Labute approximate surface area is 218 Å². The zero-order chi connectivity index (χ0) is 27.0. The van der Waals surface area contributed by atoms with Crippen molar-refractivity contribution in [2.75, 3.05) is 6.61 Å². The second-order valence-corrected chi connectivity index (χ2v) is 10.5. The highest BCUT2D eigenvalue weighted by molar-refractivity contribution is 5.74. The number of fused-ring (bicyclic) bond motifs is 1. The topological polar surface area (TPSA) is 53.4 Å². The molecule has 1 saturated carbocycles. The minimum Gasteiger partial charge on any atom is -0.396 e. The molecule has 3 unspecified atom stereocenters. The minimum absolute atomic E-state index is 0.0842. The Bertz CT molecular complexity index is 1270. The van der Waals surface area contributed by atoms with Crippen LogP contribution in [0.3, 0.4) is 0 Å². The van der Waals surface area contributed by atoms with Crippen LogP contribution in [0.2, 0.25) is 0 Å². The van der Waals surface area contributed by atoms with Crippen LogP contribution in [0.15, 0.2) is 48.5 Å². The van der Waals surface area contributed by atoms with Crippen molar-refractivity contribution in [3.05, 3.63) is 88.0 Å². The molecule has 0 radical (unpaired) electrons. The number of hydrogen-bond donors (Lipinski definition) is 2. The lowest BCUT2D eigenvalue weighted by molar-refractivity contribution is -0.137. The Morgan fingerprint density at radius 3 is 2.24 bits per heavy atom. The Morgan fingerprint density at radius 2 is 1.63 bits per heavy atom. The average molecular weight is 532 g/mol. The first-order valence-corrected chi connectivity index (χ1v) is 13.1. The predicted molar refractivity (Wildman–Crippen MR) is 134 cm³/mol. The first-order valence-electron chi connectivity index (χ1n) is 13.1. The number of halogens is 5. The number of pyridine rings is 1. The number of aromatic nitrogens is 1. The maximum Gasteiger partial charge on any atom is 0.416 e. The Hall–Kier alpha value is -2.84. The van der Waals surface area contributed by atoms with Gasteiger partial charge in [-0.05, 0) is 78.1 Å². The Morgan fingerprint density at radius 1 is 0.974 bits per heavy atom. The number of aliphatic hydroxyl groups excluding tert-OH is 2. The van der Waals surface area contributed by atoms with E-state index < -0.39 is 29.8 Å². The molecule has 2 aliphatic rings. The lowest BCUT2D eigenvalue weighted by atomic mass is 9.77. The van der Waals surface area contributed by atoms with Crippen molar-refractivity contribution in [3.63, 3.8) is 0 Å². The molecule has 0 spiro atoms. The molecule has 2 aliphatic carbocycles. The summed E-state index contributed by atoms with van der Waals surface area (Å²) in [6.07, 6.45) is -2.64. The quantitative estimate of drug-likeness (QED) is 0.326. The summed E-state index contributed by atoms with van der Waals surface area (Å²) in [5.41, 5.74) is 3.10. The second-order valence-electron chi connectivity index (χ2n) is 10.5. The van der Waals surface area contributed by atoms with Crippen molar-refractivity contribution in [3.8, 4) is 11.1 Å². The van der Waals surface area contributed by atoms with Gasteiger partial charge in [-0.3, -0.25) is 4.98 Å². The molecule has 2 N–H and O–H groups in total. The number of benzene rings is 2. The fourth-order valence-electron chi connectivity index (χ4n) is 6.02. The molecule has 0 amide bonds. The van der Waals surface area contributed by atoms with Crippen LogP contribution in [0, 0.1) is 11.7 Å². The van der Waals surface area contributed by atoms with Crippen molar-refractivity contribution in [1.29, 1.82) is 0 Å². The summed E-state index contributed by atoms with van der Waals surface area (Å²) in [5, 5.41) is 21.0. The van der Waals surface area contributed by atoms with Crippen molar-refractivity contribution in [2.24, 2.45) is 5.92 Å². The summed E-state index contributed by atoms with van der Waals surface area (Å²) in [7, 11) is 0. The molecule has 3 nitrogen and oxygen atoms in total. The van der Waals surface area contributed by atoms with Crippen LogP contribution in [-0.2, 0) is 19.0 Å². The van der Waals surface area contributed by atoms with Gasteiger partial charge >= 0.3 is 6.18 Å². The van der Waals surface area contributed by atoms with Gasteiger partial charge < -0.3 is 10.2 Å². The molecule has 0 bridgehead atoms. The Balaban J connectivity index is 1.66. The lowest BCUT2D eigenvalue weighted by Crippen LogP contribution is -2.25. The van der Waals surface area contributed by atoms with E-state index in [2.05, 4.69) is 0 Å². The molecule has 1 heterocycles. The summed E-state index contributed by atoms with van der Waals surface area (Å²) in [5.74, 6) is -0.501. The molecule has 0 aliphatic heterocycles. The molecule has 0 saturated heterocycles. The molecule has 2 aromatic carbocycles. The first kappa shape index (κ1) is 26.8. The molecule has 38 heavy (non-hydrogen) atoms. The van der Waals surface area contributed by atoms with E-state index in [1.54, 1.807) is 12.1 Å². The van der Waals surface area contributed by atoms with E-state index in [0.29, 0.717) is 40.8 Å². The number of alkyl halides is 4. The maximum absolute atomic E-state index is 15.9. The summed E-state index contributed by atoms with van der Waals surface area (Å²) in [4.78, 5) is 4.98. The smallest absolute Gasteiger partial charge is 0.396 e. The van der Waals surface area contributed by atoms with Gasteiger partial charge in [0.05, 0.1) is 11.7 Å². The Kier molecular flexibility index (Phi) is 7.56. The van der Waals surface area contributed by atoms with E-state index in [0.717, 1.165) is 55.6 Å². The number of hydrogen-bond acceptors (Lipinski definition) is 3. The SMILES string of the molecule is OCC1Cc2nc(C3CCCC3)c(CC(F)c3ccc(C(F)(F)F)cc3)c(-c3ccc(F)cc3)c2C(O)C1. The fraction of sp³-hybridized carbons (Fsp3) is 0.433. The van der Waals surface area contributed by atoms with Crippen LogP contribution in [0.4, 0.5) is 22.0 Å². The molecule has 202 valence electrons. The monoisotopic (exact) mass is 531 g/mol. The van der Waals surface area contributed by atoms with E-state index in [1.165, 1.54) is 12.1 Å². The van der Waals surface area contributed by atoms with E-state index in [9.17, 15) is 27.8 Å². The molecular weight excluding hydrogens is 501 g/mol. The number of aliphatic hydroxyl groups is 2. The van der Waals surface area contributed by atoms with Crippen LogP contribution in [-0.4, -0.2) is 21.8 Å². The summed E-state index contributed by atoms with van der Waals surface area (Å²) >= 11 is 0. The highest BCUT2D eigenvalue weighted by Crippen LogP contribution is 2.46.